The second-order valence-electron chi connectivity index (χ2n) is 4.06. The number of hydrogen-bond donors (Lipinski definition) is 1. The first kappa shape index (κ1) is 12.8. The van der Waals surface area contributed by atoms with Crippen LogP contribution in [0.2, 0.25) is 0 Å². The standard InChI is InChI=1S/C8H16F2N2O2S/c1-8(9,10)6-15(13,14)12-4-2-7(11)3-5-12/h7H,2-6,11H2,1H3. The average Bonchev–Trinajstić information content (AvgIpc) is 2.00. The Balaban J connectivity index is 2.63. The fraction of sp³-hybridized carbons (Fsp3) is 1.00. The molecule has 0 atom stereocenters. The lowest BCUT2D eigenvalue weighted by Gasteiger charge is -2.30. The summed E-state index contributed by atoms with van der Waals surface area (Å²) in [7, 11) is -3.84. The fourth-order valence-electron chi connectivity index (χ4n) is 1.57. The lowest BCUT2D eigenvalue weighted by atomic mass is 10.1. The van der Waals surface area contributed by atoms with E-state index in [4.69, 9.17) is 5.73 Å². The van der Waals surface area contributed by atoms with Gasteiger partial charge in [0, 0.05) is 26.1 Å². The van der Waals surface area contributed by atoms with Crippen LogP contribution in [0.5, 0.6) is 0 Å². The summed E-state index contributed by atoms with van der Waals surface area (Å²) in [5, 5.41) is 0. The molecule has 1 aliphatic heterocycles. The average molecular weight is 242 g/mol. The maximum Gasteiger partial charge on any atom is 0.260 e. The van der Waals surface area contributed by atoms with Crippen molar-refractivity contribution < 1.29 is 17.2 Å². The number of halogens is 2. The maximum absolute atomic E-state index is 12.6. The van der Waals surface area contributed by atoms with Crippen molar-refractivity contribution >= 4 is 10.0 Å². The molecular formula is C8H16F2N2O2S. The highest BCUT2D eigenvalue weighted by Gasteiger charge is 2.35. The molecular weight excluding hydrogens is 226 g/mol. The van der Waals surface area contributed by atoms with E-state index in [0.29, 0.717) is 19.8 Å². The Morgan fingerprint density at radius 1 is 1.40 bits per heavy atom. The molecule has 0 saturated carbocycles. The largest absolute Gasteiger partial charge is 0.328 e. The lowest BCUT2D eigenvalue weighted by molar-refractivity contribution is 0.0459. The van der Waals surface area contributed by atoms with E-state index in [2.05, 4.69) is 0 Å². The van der Waals surface area contributed by atoms with E-state index in [1.807, 2.05) is 0 Å². The monoisotopic (exact) mass is 242 g/mol. The topological polar surface area (TPSA) is 63.4 Å². The smallest absolute Gasteiger partial charge is 0.260 e. The minimum atomic E-state index is -3.84. The van der Waals surface area contributed by atoms with Gasteiger partial charge in [0.05, 0.1) is 0 Å². The van der Waals surface area contributed by atoms with Crippen molar-refractivity contribution in [2.45, 2.75) is 31.7 Å². The third-order valence-electron chi connectivity index (χ3n) is 2.33. The van der Waals surface area contributed by atoms with Crippen molar-refractivity contribution in [2.75, 3.05) is 18.8 Å². The molecule has 0 aromatic heterocycles. The number of alkyl halides is 2. The van der Waals surface area contributed by atoms with E-state index >= 15 is 0 Å². The molecule has 90 valence electrons. The molecule has 15 heavy (non-hydrogen) atoms. The summed E-state index contributed by atoms with van der Waals surface area (Å²) in [6.45, 7) is 1.11. The highest BCUT2D eigenvalue weighted by atomic mass is 32.2. The predicted molar refractivity (Wildman–Crippen MR) is 53.2 cm³/mol. The van der Waals surface area contributed by atoms with Crippen LogP contribution in [0.25, 0.3) is 0 Å². The summed E-state index contributed by atoms with van der Waals surface area (Å²) >= 11 is 0. The van der Waals surface area contributed by atoms with Gasteiger partial charge in [-0.2, -0.15) is 0 Å². The first-order chi connectivity index (χ1) is 6.71. The third kappa shape index (κ3) is 4.00. The van der Waals surface area contributed by atoms with Gasteiger partial charge in [0.2, 0.25) is 10.0 Å². The van der Waals surface area contributed by atoms with Gasteiger partial charge in [0.25, 0.3) is 5.92 Å². The van der Waals surface area contributed by atoms with E-state index in [1.54, 1.807) is 0 Å². The Morgan fingerprint density at radius 3 is 2.27 bits per heavy atom. The van der Waals surface area contributed by atoms with Gasteiger partial charge in [-0.3, -0.25) is 0 Å². The van der Waals surface area contributed by atoms with Crippen molar-refractivity contribution in [1.82, 2.24) is 4.31 Å². The quantitative estimate of drug-likeness (QED) is 0.779. The number of rotatable bonds is 3. The summed E-state index contributed by atoms with van der Waals surface area (Å²) in [6.07, 6.45) is 1.07. The van der Waals surface area contributed by atoms with Gasteiger partial charge in [-0.05, 0) is 12.8 Å². The van der Waals surface area contributed by atoms with Crippen molar-refractivity contribution in [3.05, 3.63) is 0 Å². The van der Waals surface area contributed by atoms with Gasteiger partial charge >= 0.3 is 0 Å². The SMILES string of the molecule is CC(F)(F)CS(=O)(=O)N1CCC(N)CC1. The molecule has 1 fully saturated rings. The molecule has 7 heteroatoms. The number of nitrogens with zero attached hydrogens (tertiary/aromatic N) is 1. The number of sulfonamides is 1. The molecule has 0 radical (unpaired) electrons. The van der Waals surface area contributed by atoms with Crippen LogP contribution in [0.3, 0.4) is 0 Å². The van der Waals surface area contributed by atoms with Gasteiger partial charge in [0.15, 0.2) is 0 Å². The Hall–Kier alpha value is -0.270. The van der Waals surface area contributed by atoms with Crippen LogP contribution in [0.15, 0.2) is 0 Å². The zero-order valence-electron chi connectivity index (χ0n) is 8.62. The van der Waals surface area contributed by atoms with E-state index in [0.717, 1.165) is 4.31 Å². The maximum atomic E-state index is 12.6. The van der Waals surface area contributed by atoms with Crippen LogP contribution in [0.4, 0.5) is 8.78 Å². The third-order valence-corrected chi connectivity index (χ3v) is 4.35. The van der Waals surface area contributed by atoms with Gasteiger partial charge in [-0.15, -0.1) is 0 Å². The van der Waals surface area contributed by atoms with Crippen LogP contribution in [0.1, 0.15) is 19.8 Å². The van der Waals surface area contributed by atoms with E-state index in [1.165, 1.54) is 0 Å². The molecule has 0 unspecified atom stereocenters. The highest BCUT2D eigenvalue weighted by Crippen LogP contribution is 2.20. The predicted octanol–water partition coefficient (Wildman–Crippen LogP) is 0.395. The Labute approximate surface area is 88.5 Å². The van der Waals surface area contributed by atoms with Crippen molar-refractivity contribution in [1.29, 1.82) is 0 Å². The van der Waals surface area contributed by atoms with E-state index < -0.39 is 21.7 Å². The Morgan fingerprint density at radius 2 is 1.87 bits per heavy atom. The van der Waals surface area contributed by atoms with Gasteiger partial charge in [-0.1, -0.05) is 0 Å². The minimum absolute atomic E-state index is 0.0152. The lowest BCUT2D eigenvalue weighted by Crippen LogP contribution is -2.45. The van der Waals surface area contributed by atoms with Crippen molar-refractivity contribution in [3.63, 3.8) is 0 Å². The normalized spacial score (nSPS) is 21.9. The zero-order chi connectivity index (χ0) is 11.7. The molecule has 0 aliphatic carbocycles. The van der Waals surface area contributed by atoms with Gasteiger partial charge < -0.3 is 5.73 Å². The Kier molecular flexibility index (Phi) is 3.67. The first-order valence-electron chi connectivity index (χ1n) is 4.82. The summed E-state index contributed by atoms with van der Waals surface area (Å²) in [6, 6.07) is -0.0152. The summed E-state index contributed by atoms with van der Waals surface area (Å²) in [5.74, 6) is -4.30. The number of piperidine rings is 1. The molecule has 1 rings (SSSR count). The van der Waals surface area contributed by atoms with Crippen molar-refractivity contribution in [2.24, 2.45) is 5.73 Å². The first-order valence-corrected chi connectivity index (χ1v) is 6.43. The molecule has 0 spiro atoms. The molecule has 0 aromatic carbocycles. The van der Waals surface area contributed by atoms with E-state index in [9.17, 15) is 17.2 Å². The number of nitrogens with two attached hydrogens (primary N) is 1. The highest BCUT2D eigenvalue weighted by molar-refractivity contribution is 7.89. The number of hydrogen-bond acceptors (Lipinski definition) is 3. The van der Waals surface area contributed by atoms with Crippen LogP contribution < -0.4 is 5.73 Å². The fourth-order valence-corrected chi connectivity index (χ4v) is 3.16. The molecule has 2 N–H and O–H groups in total. The summed E-state index contributed by atoms with van der Waals surface area (Å²) in [4.78, 5) is 0. The van der Waals surface area contributed by atoms with Crippen LogP contribution in [-0.4, -0.2) is 43.5 Å². The second kappa shape index (κ2) is 4.31. The second-order valence-corrected chi connectivity index (χ2v) is 6.03. The molecule has 1 aliphatic rings. The van der Waals surface area contributed by atoms with Gasteiger partial charge in [0.1, 0.15) is 5.75 Å². The molecule has 0 amide bonds. The molecule has 0 aromatic rings. The summed E-state index contributed by atoms with van der Waals surface area (Å²) < 4.78 is 49.4. The summed E-state index contributed by atoms with van der Waals surface area (Å²) in [5.41, 5.74) is 5.60. The molecule has 1 heterocycles. The van der Waals surface area contributed by atoms with Gasteiger partial charge in [-0.25, -0.2) is 21.5 Å². The zero-order valence-corrected chi connectivity index (χ0v) is 9.43. The molecule has 1 saturated heterocycles. The van der Waals surface area contributed by atoms with Crippen LogP contribution in [-0.2, 0) is 10.0 Å². The molecule has 4 nitrogen and oxygen atoms in total. The Bertz CT molecular complexity index is 305. The van der Waals surface area contributed by atoms with E-state index in [-0.39, 0.29) is 19.1 Å². The minimum Gasteiger partial charge on any atom is -0.328 e. The van der Waals surface area contributed by atoms with Crippen molar-refractivity contribution in [3.8, 4) is 0 Å². The molecule has 0 bridgehead atoms. The van der Waals surface area contributed by atoms with Crippen LogP contribution in [0, 0.1) is 0 Å². The van der Waals surface area contributed by atoms with Crippen LogP contribution >= 0.6 is 0 Å².